The highest BCUT2D eigenvalue weighted by Gasteiger charge is 2.32. The zero-order chi connectivity index (χ0) is 98.4. The van der Waals surface area contributed by atoms with E-state index in [9.17, 15) is 0 Å². The van der Waals surface area contributed by atoms with Crippen LogP contribution in [0.4, 0.5) is 22.7 Å². The number of nitrogens with zero attached hydrogens (tertiary/aromatic N) is 8. The first-order valence-electron chi connectivity index (χ1n) is 47.5. The summed E-state index contributed by atoms with van der Waals surface area (Å²) in [6, 6.07) is 87.9. The van der Waals surface area contributed by atoms with Crippen LogP contribution in [0.25, 0.3) is 197 Å². The van der Waals surface area contributed by atoms with Crippen molar-refractivity contribution < 1.29 is 45.5 Å². The van der Waals surface area contributed by atoms with Gasteiger partial charge in [-0.15, -0.1) is 0 Å². The van der Waals surface area contributed by atoms with Gasteiger partial charge in [-0.1, -0.05) is 260 Å². The molecule has 0 spiro atoms. The van der Waals surface area contributed by atoms with E-state index in [0.29, 0.717) is 50.6 Å². The molecule has 0 aliphatic rings. The molecule has 131 heavy (non-hydrogen) atoms. The van der Waals surface area contributed by atoms with Gasteiger partial charge in [-0.2, -0.15) is 18.3 Å². The Labute approximate surface area is 777 Å². The van der Waals surface area contributed by atoms with E-state index in [0.717, 1.165) is 200 Å². The van der Waals surface area contributed by atoms with E-state index in [1.54, 1.807) is 12.1 Å². The summed E-state index contributed by atoms with van der Waals surface area (Å²) < 4.78 is 93.7. The Morgan fingerprint density at radius 3 is 0.802 bits per heavy atom. The average Bonchev–Trinajstić information content (AvgIpc) is 1.63. The third-order valence-electron chi connectivity index (χ3n) is 25.5. The van der Waals surface area contributed by atoms with Crippen molar-refractivity contribution in [2.75, 3.05) is 0 Å². The van der Waals surface area contributed by atoms with Crippen molar-refractivity contribution >= 4 is 111 Å². The third-order valence-corrected chi connectivity index (χ3v) is 25.5. The number of fused-ring (bicyclic) bond motifs is 12. The Bertz CT molecular complexity index is 8520. The second-order valence-electron chi connectivity index (χ2n) is 34.7. The van der Waals surface area contributed by atoms with Gasteiger partial charge in [0.1, 0.15) is 72.9 Å². The first-order valence-corrected chi connectivity index (χ1v) is 44.0. The summed E-state index contributed by atoms with van der Waals surface area (Å²) >= 11 is 0. The minimum Gasteiger partial charge on any atom is -0.456 e. The van der Waals surface area contributed by atoms with Crippen molar-refractivity contribution in [1.82, 2.24) is 0 Å². The van der Waals surface area contributed by atoms with Gasteiger partial charge in [0.25, 0.3) is 0 Å². The number of pyridine rings is 4. The molecule has 12 nitrogen and oxygen atoms in total. The molecule has 1 atom stereocenters. The minimum atomic E-state index is -2.49. The van der Waals surface area contributed by atoms with E-state index in [1.165, 1.54) is 23.7 Å². The van der Waals surface area contributed by atoms with Gasteiger partial charge in [0.15, 0.2) is 45.5 Å². The summed E-state index contributed by atoms with van der Waals surface area (Å²) in [6.45, 7) is 56.1. The monoisotopic (exact) mass is 1720 g/mol. The smallest absolute Gasteiger partial charge is 0.216 e. The highest BCUT2D eigenvalue weighted by molar-refractivity contribution is 6.19. The van der Waals surface area contributed by atoms with E-state index in [2.05, 4.69) is 149 Å². The van der Waals surface area contributed by atoms with Gasteiger partial charge < -0.3 is 17.7 Å². The summed E-state index contributed by atoms with van der Waals surface area (Å²) in [5.41, 5.74) is 34.6. The van der Waals surface area contributed by atoms with E-state index >= 15 is 0 Å². The molecule has 0 bridgehead atoms. The fourth-order valence-corrected chi connectivity index (χ4v) is 18.4. The van der Waals surface area contributed by atoms with Crippen LogP contribution in [-0.4, -0.2) is 0 Å². The molecule has 0 radical (unpaired) electrons. The summed E-state index contributed by atoms with van der Waals surface area (Å²) in [6.07, 6.45) is -1.46. The molecule has 0 fully saturated rings. The number of furan rings is 4. The number of aromatic nitrogens is 4. The second kappa shape index (κ2) is 35.9. The van der Waals surface area contributed by atoms with Crippen LogP contribution in [-0.2, 0) is 34.6 Å². The number of hydrogen-bond acceptors (Lipinski definition) is 4. The molecule has 12 heteroatoms. The molecule has 0 aliphatic carbocycles. The Balaban J connectivity index is 0.000000128. The second-order valence-corrected chi connectivity index (χ2v) is 34.7. The Hall–Kier alpha value is -15.6. The molecule has 0 saturated carbocycles. The van der Waals surface area contributed by atoms with Gasteiger partial charge >= 0.3 is 0 Å². The van der Waals surface area contributed by atoms with Crippen molar-refractivity contribution in [3.8, 4) is 89.5 Å². The van der Waals surface area contributed by atoms with E-state index in [-0.39, 0.29) is 5.92 Å². The van der Waals surface area contributed by atoms with E-state index in [1.807, 2.05) is 261 Å². The average molecular weight is 1720 g/mol. The number of rotatable bonds is 12. The lowest BCUT2D eigenvalue weighted by Crippen LogP contribution is -2.35. The van der Waals surface area contributed by atoms with Crippen LogP contribution in [0.15, 0.2) is 285 Å². The van der Waals surface area contributed by atoms with Gasteiger partial charge in [0.05, 0.1) is 48.5 Å². The maximum atomic E-state index is 8.73. The lowest BCUT2D eigenvalue weighted by Gasteiger charge is -2.11. The quantitative estimate of drug-likeness (QED) is 0.0901. The SMILES string of the molecule is [2H]C(C)(C)c1cc(C)[n+](C)c(-c2c(C)ccc3c2oc2c(-c4ccccc4)c([N+]#[C-])ccc23)c1.[2H]C([2H])([2H])C([2H])(C)c1cc(C)[n+](C)c(-c2c(C)ccc3c2oc2c(-c4ccccc4)c([N+]#[C-])ccc23)c1.[2H]C([2H])(c1cc(C)[n+](C)c(-c2c(C)ccc3c2oc2c(-c4ccccc4)c([N+]#[C-])ccc23)c1)C(C)C.[C-]#[N+]c1ccc2c(oc3c(-c4cc(C)cc(C)[n+]4C)c(C)ccc32)c1-c1ccccc1. The van der Waals surface area contributed by atoms with E-state index < -0.39 is 25.0 Å². The van der Waals surface area contributed by atoms with Crippen LogP contribution in [0, 0.1) is 94.5 Å². The molecule has 0 amide bonds. The maximum absolute atomic E-state index is 8.73. The summed E-state index contributed by atoms with van der Waals surface area (Å²) in [5.74, 6) is -2.66. The van der Waals surface area contributed by atoms with Gasteiger partial charge in [-0.05, 0) is 125 Å². The summed E-state index contributed by atoms with van der Waals surface area (Å²) in [7, 11) is 8.08. The zero-order valence-corrected chi connectivity index (χ0v) is 77.2. The minimum absolute atomic E-state index is 0.166. The van der Waals surface area contributed by atoms with Crippen molar-refractivity contribution in [3.05, 3.63) is 380 Å². The lowest BCUT2D eigenvalue weighted by molar-refractivity contribution is -0.666. The van der Waals surface area contributed by atoms with Crippen LogP contribution >= 0.6 is 0 Å². The topological polar surface area (TPSA) is 85.5 Å². The predicted octanol–water partition coefficient (Wildman–Crippen LogP) is 31.4. The molecular weight excluding hydrogens is 1610 g/mol. The van der Waals surface area contributed by atoms with Crippen LogP contribution in [0.3, 0.4) is 0 Å². The van der Waals surface area contributed by atoms with Crippen molar-refractivity contribution in [1.29, 1.82) is 0 Å². The van der Waals surface area contributed by atoms with Crippen LogP contribution in [0.1, 0.15) is 130 Å². The molecular formula is C119H106N8O4+4. The summed E-state index contributed by atoms with van der Waals surface area (Å²) in [5, 5.41) is 7.90. The first-order chi connectivity index (χ1) is 65.8. The molecule has 0 saturated heterocycles. The van der Waals surface area contributed by atoms with Crippen molar-refractivity contribution in [2.24, 2.45) is 34.1 Å². The molecule has 8 aromatic heterocycles. The van der Waals surface area contributed by atoms with Crippen LogP contribution < -0.4 is 18.3 Å². The normalized spacial score (nSPS) is 12.9. The molecule has 12 aromatic carbocycles. The molecule has 0 aliphatic heterocycles. The predicted molar refractivity (Wildman–Crippen MR) is 537 cm³/mol. The lowest BCUT2D eigenvalue weighted by atomic mass is 9.95. The molecule has 0 N–H and O–H groups in total. The fourth-order valence-electron chi connectivity index (χ4n) is 18.4. The van der Waals surface area contributed by atoms with Gasteiger partial charge in [0, 0.05) is 151 Å². The third kappa shape index (κ3) is 16.0. The fraction of sp³-hybridized carbons (Fsp3) is 0.193. The standard InChI is InChI=1S/C31H29N2O.2C30H27N2O.C28H23N2O/c1-19(2)16-22-17-21(4)33(6)27(18-22)28-20(3)12-13-24-25-14-15-26(32-5)29(31(25)34-30(24)28)23-10-8-7-9-11-23;2*1-18(2)22-16-20(4)32(6)26(17-22)27-19(3)12-13-23-24-14-15-25(31-5)28(30(24)33-29(23)27)21-10-8-7-9-11-21;1-17-15-19(3)30(5)24(16-17)25-18(2)11-12-21-22-13-14-23(29-4)26(28(22)31-27(21)25)20-9-7-6-8-10-20/h7-15,17-19H,16H2,1-4,6H3;2*7-18H,1-4,6H3;6-16H,1-3,5H3/q4*+1/i16D2;1D3,18D;18D;. The Morgan fingerprint density at radius 2 is 0.534 bits per heavy atom. The van der Waals surface area contributed by atoms with Crippen LogP contribution in [0.2, 0.25) is 0 Å². The van der Waals surface area contributed by atoms with Crippen LogP contribution in [0.5, 0.6) is 0 Å². The molecule has 20 aromatic rings. The number of benzene rings is 12. The molecule has 20 rings (SSSR count). The van der Waals surface area contributed by atoms with Crippen molar-refractivity contribution in [2.45, 2.75) is 122 Å². The number of aryl methyl sites for hydroxylation is 9. The summed E-state index contributed by atoms with van der Waals surface area (Å²) in [4.78, 5) is 15.1. The molecule has 642 valence electrons. The largest absolute Gasteiger partial charge is 0.456 e. The van der Waals surface area contributed by atoms with Gasteiger partial charge in [-0.3, -0.25) is 0 Å². The van der Waals surface area contributed by atoms with Gasteiger partial charge in [-0.25, -0.2) is 19.4 Å². The first kappa shape index (κ1) is 78.8. The molecule has 1 unspecified atom stereocenters. The Morgan fingerprint density at radius 1 is 0.290 bits per heavy atom. The maximum Gasteiger partial charge on any atom is 0.216 e. The van der Waals surface area contributed by atoms with Crippen molar-refractivity contribution in [3.63, 3.8) is 0 Å². The van der Waals surface area contributed by atoms with Gasteiger partial charge in [0.2, 0.25) is 22.8 Å². The Kier molecular flexibility index (Phi) is 21.6. The molecule has 8 heterocycles. The number of hydrogen-bond donors (Lipinski definition) is 0. The highest BCUT2D eigenvalue weighted by atomic mass is 16.3. The zero-order valence-electron chi connectivity index (χ0n) is 84.2. The van der Waals surface area contributed by atoms with E-state index in [4.69, 9.17) is 53.6 Å². The highest BCUT2D eigenvalue weighted by Crippen LogP contribution is 2.51.